The summed E-state index contributed by atoms with van der Waals surface area (Å²) < 4.78 is 6.67. The van der Waals surface area contributed by atoms with E-state index >= 15 is 0 Å². The maximum atomic E-state index is 14.0. The van der Waals surface area contributed by atoms with Gasteiger partial charge in [0, 0.05) is 36.2 Å². The number of fused-ring (bicyclic) bond motifs is 5. The largest absolute Gasteiger partial charge is 0.478 e. The van der Waals surface area contributed by atoms with Gasteiger partial charge in [0.25, 0.3) is 11.8 Å². The van der Waals surface area contributed by atoms with Gasteiger partial charge in [-0.2, -0.15) is 0 Å². The molecule has 0 fully saturated rings. The van der Waals surface area contributed by atoms with Crippen LogP contribution in [-0.2, 0) is 6.42 Å². The SMILES string of the molecule is CCCCCCCCCCCCCc1ccc(Oc2c3ccc(NC)cc3cc3cc(NC(=O)c4cc5ccc6cc(C(=O)NC)c(C(=O)O)cc6c5cc4C(=O)O)ccc23)cc1. The quantitative estimate of drug-likeness (QED) is 0.0289. The van der Waals surface area contributed by atoms with E-state index in [2.05, 4.69) is 35.0 Å². The number of hydrogen-bond donors (Lipinski definition) is 5. The van der Waals surface area contributed by atoms with E-state index in [4.69, 9.17) is 4.74 Å². The fourth-order valence-corrected chi connectivity index (χ4v) is 8.49. The number of carboxylic acid groups (broad SMARTS) is 2. The van der Waals surface area contributed by atoms with Crippen LogP contribution in [0.2, 0.25) is 0 Å². The number of rotatable bonds is 20. The molecule has 0 unspecified atom stereocenters. The highest BCUT2D eigenvalue weighted by Crippen LogP contribution is 2.40. The zero-order chi connectivity index (χ0) is 44.5. The lowest BCUT2D eigenvalue weighted by molar-refractivity contribution is 0.0683. The second-order valence-electron chi connectivity index (χ2n) is 16.3. The number of carbonyl (C=O) groups excluding carboxylic acids is 2. The lowest BCUT2D eigenvalue weighted by Crippen LogP contribution is -2.21. The maximum absolute atomic E-state index is 14.0. The molecule has 324 valence electrons. The van der Waals surface area contributed by atoms with Crippen molar-refractivity contribution in [3.63, 3.8) is 0 Å². The highest BCUT2D eigenvalue weighted by Gasteiger charge is 2.22. The number of carboxylic acids is 2. The Balaban J connectivity index is 1.11. The Bertz CT molecular complexity index is 2830. The Labute approximate surface area is 367 Å². The first kappa shape index (κ1) is 44.1. The molecule has 0 atom stereocenters. The van der Waals surface area contributed by atoms with Crippen molar-refractivity contribution < 1.29 is 34.1 Å². The van der Waals surface area contributed by atoms with Gasteiger partial charge in [0.15, 0.2) is 0 Å². The van der Waals surface area contributed by atoms with Crippen LogP contribution in [0, 0.1) is 0 Å². The van der Waals surface area contributed by atoms with E-state index in [-0.39, 0.29) is 22.3 Å². The Morgan fingerprint density at radius 3 is 1.52 bits per heavy atom. The molecule has 0 bridgehead atoms. The molecule has 0 aliphatic heterocycles. The topological polar surface area (TPSA) is 154 Å². The van der Waals surface area contributed by atoms with Crippen LogP contribution in [0.5, 0.6) is 11.5 Å². The zero-order valence-corrected chi connectivity index (χ0v) is 36.2. The van der Waals surface area contributed by atoms with Crippen molar-refractivity contribution in [2.24, 2.45) is 0 Å². The molecule has 10 nitrogen and oxygen atoms in total. The summed E-state index contributed by atoms with van der Waals surface area (Å²) in [4.78, 5) is 51.3. The molecule has 7 rings (SSSR count). The number of aromatic carboxylic acids is 2. The number of anilines is 2. The standard InChI is InChI=1S/C53H55N3O7/c1-4-5-6-7-8-9-10-11-12-13-14-15-33-16-22-40(23-17-33)63-49-41-24-20-38(54-2)27-36(41)26-37-28-39(21-25-42(37)49)56-51(58)46-30-35-19-18-34-29-45(50(57)55-3)47(52(59)60)31-43(34)44(35)32-48(46)53(61)62/h16-32,54H,4-15H2,1-3H3,(H,55,57)(H,56,58)(H,59,60)(H,61,62). The van der Waals surface area contributed by atoms with Crippen LogP contribution < -0.4 is 20.7 Å². The summed E-state index contributed by atoms with van der Waals surface area (Å²) >= 11 is 0. The van der Waals surface area contributed by atoms with Gasteiger partial charge >= 0.3 is 11.9 Å². The number of nitrogens with one attached hydrogen (secondary N) is 3. The summed E-state index contributed by atoms with van der Waals surface area (Å²) in [7, 11) is 3.28. The molecule has 63 heavy (non-hydrogen) atoms. The average Bonchev–Trinajstić information content (AvgIpc) is 3.29. The van der Waals surface area contributed by atoms with Crippen molar-refractivity contribution in [2.45, 2.75) is 84.0 Å². The molecular weight excluding hydrogens is 791 g/mol. The van der Waals surface area contributed by atoms with E-state index in [1.165, 1.54) is 108 Å². The van der Waals surface area contributed by atoms with Gasteiger partial charge < -0.3 is 30.9 Å². The summed E-state index contributed by atoms with van der Waals surface area (Å²) in [6.45, 7) is 2.26. The van der Waals surface area contributed by atoms with Crippen molar-refractivity contribution in [1.82, 2.24) is 5.32 Å². The fourth-order valence-electron chi connectivity index (χ4n) is 8.49. The van der Waals surface area contributed by atoms with E-state index in [0.717, 1.165) is 39.4 Å². The Kier molecular flexibility index (Phi) is 14.2. The van der Waals surface area contributed by atoms with E-state index < -0.39 is 23.8 Å². The van der Waals surface area contributed by atoms with Gasteiger partial charge in [-0.1, -0.05) is 95.4 Å². The predicted octanol–water partition coefficient (Wildman–Crippen LogP) is 13.0. The Morgan fingerprint density at radius 1 is 0.492 bits per heavy atom. The number of unbranched alkanes of at least 4 members (excludes halogenated alkanes) is 10. The summed E-state index contributed by atoms with van der Waals surface area (Å²) in [5.74, 6) is -2.41. The van der Waals surface area contributed by atoms with Crippen LogP contribution in [0.4, 0.5) is 11.4 Å². The highest BCUT2D eigenvalue weighted by molar-refractivity contribution is 6.19. The predicted molar refractivity (Wildman–Crippen MR) is 254 cm³/mol. The van der Waals surface area contributed by atoms with Gasteiger partial charge in [-0.25, -0.2) is 9.59 Å². The molecule has 0 radical (unpaired) electrons. The number of aryl methyl sites for hydroxylation is 1. The minimum Gasteiger partial charge on any atom is -0.478 e. The Hall–Kier alpha value is -6.94. The molecule has 0 saturated carbocycles. The molecule has 0 spiro atoms. The van der Waals surface area contributed by atoms with Gasteiger partial charge in [0.1, 0.15) is 11.5 Å². The van der Waals surface area contributed by atoms with Crippen molar-refractivity contribution in [3.8, 4) is 11.5 Å². The van der Waals surface area contributed by atoms with Crippen LogP contribution in [0.15, 0.2) is 103 Å². The second kappa shape index (κ2) is 20.3. The molecule has 0 aliphatic rings. The summed E-state index contributed by atoms with van der Waals surface area (Å²) in [6, 6.07) is 31.1. The number of ether oxygens (including phenoxy) is 1. The molecule has 5 N–H and O–H groups in total. The average molecular weight is 846 g/mol. The fraction of sp³-hybridized carbons (Fsp3) is 0.283. The van der Waals surface area contributed by atoms with Crippen LogP contribution in [0.25, 0.3) is 43.1 Å². The van der Waals surface area contributed by atoms with Crippen molar-refractivity contribution in [1.29, 1.82) is 0 Å². The molecule has 7 aromatic carbocycles. The molecule has 0 aromatic heterocycles. The summed E-state index contributed by atoms with van der Waals surface area (Å²) in [5.41, 5.74) is 2.10. The highest BCUT2D eigenvalue weighted by atomic mass is 16.5. The molecule has 10 heteroatoms. The van der Waals surface area contributed by atoms with Gasteiger partial charge in [-0.05, 0) is 130 Å². The maximum Gasteiger partial charge on any atom is 0.336 e. The first-order chi connectivity index (χ1) is 30.6. The second-order valence-corrected chi connectivity index (χ2v) is 16.3. The minimum atomic E-state index is -1.33. The third-order valence-corrected chi connectivity index (χ3v) is 12.0. The number of benzene rings is 7. The monoisotopic (exact) mass is 845 g/mol. The summed E-state index contributed by atoms with van der Waals surface area (Å²) in [6.07, 6.45) is 15.5. The normalized spacial score (nSPS) is 11.3. The zero-order valence-electron chi connectivity index (χ0n) is 36.2. The first-order valence-corrected chi connectivity index (χ1v) is 22.1. The molecule has 7 aromatic rings. The van der Waals surface area contributed by atoms with Crippen molar-refractivity contribution >= 4 is 78.2 Å². The van der Waals surface area contributed by atoms with Crippen LogP contribution in [0.1, 0.15) is 125 Å². The third kappa shape index (κ3) is 10.2. The van der Waals surface area contributed by atoms with Gasteiger partial charge in [-0.15, -0.1) is 0 Å². The molecule has 0 aliphatic carbocycles. The van der Waals surface area contributed by atoms with E-state index in [0.29, 0.717) is 33.0 Å². The number of hydrogen-bond acceptors (Lipinski definition) is 6. The van der Waals surface area contributed by atoms with Crippen molar-refractivity contribution in [2.75, 3.05) is 24.7 Å². The van der Waals surface area contributed by atoms with Crippen LogP contribution in [-0.4, -0.2) is 48.1 Å². The smallest absolute Gasteiger partial charge is 0.336 e. The van der Waals surface area contributed by atoms with Crippen LogP contribution >= 0.6 is 0 Å². The van der Waals surface area contributed by atoms with Gasteiger partial charge in [0.05, 0.1) is 22.3 Å². The molecule has 0 saturated heterocycles. The van der Waals surface area contributed by atoms with Crippen LogP contribution in [0.3, 0.4) is 0 Å². The van der Waals surface area contributed by atoms with E-state index in [1.807, 2.05) is 55.6 Å². The minimum absolute atomic E-state index is 0.0188. The summed E-state index contributed by atoms with van der Waals surface area (Å²) in [5, 5.41) is 34.2. The third-order valence-electron chi connectivity index (χ3n) is 12.0. The van der Waals surface area contributed by atoms with E-state index in [9.17, 15) is 29.4 Å². The lowest BCUT2D eigenvalue weighted by atomic mass is 9.93. The van der Waals surface area contributed by atoms with E-state index in [1.54, 1.807) is 18.2 Å². The number of amides is 2. The van der Waals surface area contributed by atoms with Gasteiger partial charge in [-0.3, -0.25) is 9.59 Å². The Morgan fingerprint density at radius 2 is 1.00 bits per heavy atom. The molecular formula is C53H55N3O7. The lowest BCUT2D eigenvalue weighted by Gasteiger charge is -2.16. The molecule has 2 amide bonds. The molecule has 0 heterocycles. The van der Waals surface area contributed by atoms with Gasteiger partial charge in [0.2, 0.25) is 0 Å². The number of carbonyl (C=O) groups is 4. The van der Waals surface area contributed by atoms with Crippen molar-refractivity contribution in [3.05, 3.63) is 131 Å². The first-order valence-electron chi connectivity index (χ1n) is 22.1.